The van der Waals surface area contributed by atoms with E-state index in [2.05, 4.69) is 5.32 Å². The summed E-state index contributed by atoms with van der Waals surface area (Å²) in [5.74, 6) is -0.675. The van der Waals surface area contributed by atoms with Gasteiger partial charge in [-0.15, -0.1) is 0 Å². The van der Waals surface area contributed by atoms with E-state index in [1.807, 2.05) is 0 Å². The highest BCUT2D eigenvalue weighted by Gasteiger charge is 2.15. The highest BCUT2D eigenvalue weighted by Crippen LogP contribution is 2.20. The van der Waals surface area contributed by atoms with E-state index in [-0.39, 0.29) is 29.9 Å². The summed E-state index contributed by atoms with van der Waals surface area (Å²) in [5, 5.41) is 8.19. The SMILES string of the molecule is C[C@H](NC(=O)CN(C)Cc1c(F)cccc1Cl)c1ccc(S(N)(=O)=O)cc1. The lowest BCUT2D eigenvalue weighted by atomic mass is 10.1. The second-order valence-electron chi connectivity index (χ2n) is 6.28. The van der Waals surface area contributed by atoms with Gasteiger partial charge in [0.25, 0.3) is 0 Å². The fourth-order valence-electron chi connectivity index (χ4n) is 2.57. The van der Waals surface area contributed by atoms with Gasteiger partial charge in [-0.3, -0.25) is 9.69 Å². The molecule has 9 heteroatoms. The minimum absolute atomic E-state index is 0.00581. The number of likely N-dealkylation sites (N-methyl/N-ethyl adjacent to an activating group) is 1. The lowest BCUT2D eigenvalue weighted by Gasteiger charge is -2.20. The van der Waals surface area contributed by atoms with E-state index in [0.29, 0.717) is 10.6 Å². The van der Waals surface area contributed by atoms with E-state index < -0.39 is 15.8 Å². The first kappa shape index (κ1) is 21.3. The van der Waals surface area contributed by atoms with Gasteiger partial charge in [-0.25, -0.2) is 17.9 Å². The Morgan fingerprint density at radius 2 is 1.89 bits per heavy atom. The quantitative estimate of drug-likeness (QED) is 0.729. The van der Waals surface area contributed by atoms with Crippen LogP contribution in [0.4, 0.5) is 4.39 Å². The molecule has 0 heterocycles. The van der Waals surface area contributed by atoms with E-state index in [1.54, 1.807) is 37.1 Å². The summed E-state index contributed by atoms with van der Waals surface area (Å²) in [6.07, 6.45) is 0. The number of nitrogens with one attached hydrogen (secondary N) is 1. The molecule has 0 saturated carbocycles. The van der Waals surface area contributed by atoms with Gasteiger partial charge in [0.1, 0.15) is 5.82 Å². The molecule has 2 rings (SSSR count). The van der Waals surface area contributed by atoms with E-state index in [9.17, 15) is 17.6 Å². The molecule has 2 aromatic rings. The number of nitrogens with zero attached hydrogens (tertiary/aromatic N) is 1. The first-order chi connectivity index (χ1) is 12.6. The molecule has 146 valence electrons. The third kappa shape index (κ3) is 6.00. The average Bonchev–Trinajstić information content (AvgIpc) is 2.57. The molecule has 1 amide bonds. The molecule has 27 heavy (non-hydrogen) atoms. The molecule has 1 atom stereocenters. The molecule has 0 aromatic heterocycles. The summed E-state index contributed by atoms with van der Waals surface area (Å²) in [6.45, 7) is 2.01. The summed E-state index contributed by atoms with van der Waals surface area (Å²) in [5.41, 5.74) is 1.07. The first-order valence-electron chi connectivity index (χ1n) is 8.11. The molecule has 0 aliphatic rings. The molecule has 0 unspecified atom stereocenters. The molecule has 0 radical (unpaired) electrons. The number of hydrogen-bond acceptors (Lipinski definition) is 4. The molecule has 0 fully saturated rings. The van der Waals surface area contributed by atoms with Crippen LogP contribution < -0.4 is 10.5 Å². The van der Waals surface area contributed by atoms with Crippen molar-refractivity contribution < 1.29 is 17.6 Å². The summed E-state index contributed by atoms with van der Waals surface area (Å²) >= 11 is 6.00. The van der Waals surface area contributed by atoms with Gasteiger partial charge in [0.2, 0.25) is 15.9 Å². The highest BCUT2D eigenvalue weighted by atomic mass is 35.5. The van der Waals surface area contributed by atoms with Crippen LogP contribution in [0.5, 0.6) is 0 Å². The Hall–Kier alpha value is -2.00. The van der Waals surface area contributed by atoms with E-state index in [4.69, 9.17) is 16.7 Å². The number of carbonyl (C=O) groups excluding carboxylic acids is 1. The zero-order valence-electron chi connectivity index (χ0n) is 14.9. The van der Waals surface area contributed by atoms with E-state index >= 15 is 0 Å². The van der Waals surface area contributed by atoms with Crippen molar-refractivity contribution in [3.8, 4) is 0 Å². The molecule has 0 aliphatic carbocycles. The van der Waals surface area contributed by atoms with E-state index in [1.165, 1.54) is 24.3 Å². The van der Waals surface area contributed by atoms with Crippen molar-refractivity contribution in [1.29, 1.82) is 0 Å². The fourth-order valence-corrected chi connectivity index (χ4v) is 3.31. The predicted octanol–water partition coefficient (Wildman–Crippen LogP) is 2.44. The minimum Gasteiger partial charge on any atom is -0.348 e. The topological polar surface area (TPSA) is 92.5 Å². The zero-order chi connectivity index (χ0) is 20.2. The summed E-state index contributed by atoms with van der Waals surface area (Å²) in [6, 6.07) is 10.1. The number of benzene rings is 2. The Bertz CT molecular complexity index is 900. The van der Waals surface area contributed by atoms with Crippen molar-refractivity contribution >= 4 is 27.5 Å². The Kier molecular flexibility index (Phi) is 6.94. The number of nitrogens with two attached hydrogens (primary N) is 1. The maximum atomic E-state index is 13.8. The van der Waals surface area contributed by atoms with Gasteiger partial charge >= 0.3 is 0 Å². The maximum absolute atomic E-state index is 13.8. The molecular weight excluding hydrogens is 393 g/mol. The molecule has 0 saturated heterocycles. The van der Waals surface area contributed by atoms with Crippen molar-refractivity contribution in [2.24, 2.45) is 5.14 Å². The Morgan fingerprint density at radius 1 is 1.26 bits per heavy atom. The van der Waals surface area contributed by atoms with Crippen LogP contribution in [0.3, 0.4) is 0 Å². The van der Waals surface area contributed by atoms with Gasteiger partial charge < -0.3 is 5.32 Å². The maximum Gasteiger partial charge on any atom is 0.238 e. The predicted molar refractivity (Wildman–Crippen MR) is 102 cm³/mol. The monoisotopic (exact) mass is 413 g/mol. The normalized spacial score (nSPS) is 12.8. The lowest BCUT2D eigenvalue weighted by molar-refractivity contribution is -0.122. The molecular formula is C18H21ClFN3O3S. The van der Waals surface area contributed by atoms with Gasteiger partial charge in [0.05, 0.1) is 17.5 Å². The third-order valence-corrected chi connectivity index (χ3v) is 5.27. The first-order valence-corrected chi connectivity index (χ1v) is 10.0. The molecule has 0 bridgehead atoms. The number of halogens is 2. The smallest absolute Gasteiger partial charge is 0.238 e. The Morgan fingerprint density at radius 3 is 2.44 bits per heavy atom. The zero-order valence-corrected chi connectivity index (χ0v) is 16.5. The van der Waals surface area contributed by atoms with Crippen LogP contribution in [0.2, 0.25) is 5.02 Å². The summed E-state index contributed by atoms with van der Waals surface area (Å²) in [7, 11) is -2.07. The van der Waals surface area contributed by atoms with Crippen molar-refractivity contribution in [2.75, 3.05) is 13.6 Å². The fraction of sp³-hybridized carbons (Fsp3) is 0.278. The summed E-state index contributed by atoms with van der Waals surface area (Å²) < 4.78 is 36.4. The van der Waals surface area contributed by atoms with Crippen LogP contribution in [0, 0.1) is 5.82 Å². The number of sulfonamides is 1. The largest absolute Gasteiger partial charge is 0.348 e. The van der Waals surface area contributed by atoms with Gasteiger partial charge in [0.15, 0.2) is 0 Å². The van der Waals surface area contributed by atoms with Crippen LogP contribution in [-0.2, 0) is 21.4 Å². The van der Waals surface area contributed by atoms with Gasteiger partial charge in [-0.05, 0) is 43.8 Å². The number of primary sulfonamides is 1. The van der Waals surface area contributed by atoms with Crippen molar-refractivity contribution in [2.45, 2.75) is 24.4 Å². The standard InChI is InChI=1S/C18H21ClFN3O3S/c1-12(13-6-8-14(9-7-13)27(21,25)26)22-18(24)11-23(2)10-15-16(19)4-3-5-17(15)20/h3-9,12H,10-11H2,1-2H3,(H,22,24)(H2,21,25,26)/t12-/m0/s1. The second kappa shape index (κ2) is 8.79. The number of carbonyl (C=O) groups is 1. The number of hydrogen-bond donors (Lipinski definition) is 2. The molecule has 6 nitrogen and oxygen atoms in total. The highest BCUT2D eigenvalue weighted by molar-refractivity contribution is 7.89. The minimum atomic E-state index is -3.76. The van der Waals surface area contributed by atoms with Crippen LogP contribution in [0.15, 0.2) is 47.4 Å². The number of rotatable bonds is 7. The van der Waals surface area contributed by atoms with Crippen molar-refractivity contribution in [3.05, 3.63) is 64.4 Å². The Labute approximate surface area is 163 Å². The Balaban J connectivity index is 1.94. The van der Waals surface area contributed by atoms with Crippen LogP contribution in [-0.4, -0.2) is 32.8 Å². The second-order valence-corrected chi connectivity index (χ2v) is 8.24. The van der Waals surface area contributed by atoms with Crippen molar-refractivity contribution in [3.63, 3.8) is 0 Å². The van der Waals surface area contributed by atoms with Gasteiger partial charge in [0, 0.05) is 17.1 Å². The molecule has 2 aromatic carbocycles. The third-order valence-electron chi connectivity index (χ3n) is 3.99. The van der Waals surface area contributed by atoms with Crippen LogP contribution in [0.1, 0.15) is 24.1 Å². The van der Waals surface area contributed by atoms with Crippen LogP contribution in [0.25, 0.3) is 0 Å². The summed E-state index contributed by atoms with van der Waals surface area (Å²) in [4.78, 5) is 13.9. The lowest BCUT2D eigenvalue weighted by Crippen LogP contribution is -2.36. The van der Waals surface area contributed by atoms with Crippen LogP contribution >= 0.6 is 11.6 Å². The van der Waals surface area contributed by atoms with Crippen molar-refractivity contribution in [1.82, 2.24) is 10.2 Å². The number of amides is 1. The molecule has 0 spiro atoms. The van der Waals surface area contributed by atoms with Gasteiger partial charge in [-0.2, -0.15) is 0 Å². The average molecular weight is 414 g/mol. The van der Waals surface area contributed by atoms with Gasteiger partial charge in [-0.1, -0.05) is 29.8 Å². The molecule has 0 aliphatic heterocycles. The van der Waals surface area contributed by atoms with E-state index in [0.717, 1.165) is 5.56 Å². The molecule has 3 N–H and O–H groups in total.